The summed E-state index contributed by atoms with van der Waals surface area (Å²) in [6.45, 7) is 3.11. The molecule has 3 aromatic rings. The maximum absolute atomic E-state index is 13.1. The Morgan fingerprint density at radius 1 is 1.26 bits per heavy atom. The molecule has 1 amide bonds. The monoisotopic (exact) mass is 363 g/mol. The first kappa shape index (κ1) is 17.3. The Labute approximate surface area is 156 Å². The molecule has 0 saturated heterocycles. The lowest BCUT2D eigenvalue weighted by Crippen LogP contribution is -2.30. The largest absolute Gasteiger partial charge is 0.492 e. The third-order valence-electron chi connectivity index (χ3n) is 4.80. The van der Waals surface area contributed by atoms with Gasteiger partial charge in [0.2, 0.25) is 0 Å². The number of anilines is 1. The number of hydrogen-bond acceptors (Lipinski definition) is 4. The molecule has 0 unspecified atom stereocenters. The Bertz CT molecular complexity index is 1060. The van der Waals surface area contributed by atoms with Crippen molar-refractivity contribution in [1.82, 2.24) is 9.55 Å². The first-order valence-electron chi connectivity index (χ1n) is 9.24. The number of ether oxygens (including phenoxy) is 1. The minimum atomic E-state index is -0.492. The highest BCUT2D eigenvalue weighted by atomic mass is 16.5. The van der Waals surface area contributed by atoms with Crippen LogP contribution in [-0.4, -0.2) is 22.1 Å². The number of hydrogen-bond donors (Lipinski definition) is 1. The van der Waals surface area contributed by atoms with E-state index < -0.39 is 5.91 Å². The third kappa shape index (κ3) is 3.07. The van der Waals surface area contributed by atoms with Crippen molar-refractivity contribution in [2.75, 3.05) is 11.9 Å². The molecule has 2 aromatic heterocycles. The van der Waals surface area contributed by atoms with Gasteiger partial charge in [0, 0.05) is 18.1 Å². The molecule has 0 saturated carbocycles. The first-order valence-corrected chi connectivity index (χ1v) is 9.24. The molecule has 1 N–H and O–H groups in total. The van der Waals surface area contributed by atoms with E-state index in [1.54, 1.807) is 29.0 Å². The van der Waals surface area contributed by atoms with Gasteiger partial charge in [-0.05, 0) is 36.6 Å². The van der Waals surface area contributed by atoms with Gasteiger partial charge in [0.05, 0.1) is 12.1 Å². The molecule has 0 radical (unpaired) electrons. The molecule has 1 aliphatic rings. The van der Waals surface area contributed by atoms with Crippen molar-refractivity contribution in [2.45, 2.75) is 32.7 Å². The maximum Gasteiger partial charge on any atom is 0.267 e. The molecule has 138 valence electrons. The average Bonchev–Trinajstić information content (AvgIpc) is 3.12. The zero-order valence-electron chi connectivity index (χ0n) is 15.2. The summed E-state index contributed by atoms with van der Waals surface area (Å²) < 4.78 is 7.66. The number of aromatic nitrogens is 2. The van der Waals surface area contributed by atoms with Crippen molar-refractivity contribution in [3.05, 3.63) is 64.1 Å². The molecule has 0 atom stereocenters. The summed E-state index contributed by atoms with van der Waals surface area (Å²) in [7, 11) is 0. The normalized spacial score (nSPS) is 12.3. The van der Waals surface area contributed by atoms with E-state index in [1.807, 2.05) is 18.2 Å². The van der Waals surface area contributed by atoms with Gasteiger partial charge in [0.15, 0.2) is 0 Å². The van der Waals surface area contributed by atoms with Gasteiger partial charge in [-0.1, -0.05) is 31.5 Å². The van der Waals surface area contributed by atoms with Gasteiger partial charge in [-0.15, -0.1) is 0 Å². The van der Waals surface area contributed by atoms with Crippen molar-refractivity contribution >= 4 is 22.6 Å². The summed E-state index contributed by atoms with van der Waals surface area (Å²) in [5.41, 5.74) is 1.72. The van der Waals surface area contributed by atoms with Crippen molar-refractivity contribution in [1.29, 1.82) is 0 Å². The van der Waals surface area contributed by atoms with E-state index in [9.17, 15) is 9.59 Å². The first-order chi connectivity index (χ1) is 13.2. The molecule has 0 spiro atoms. The fourth-order valence-electron chi connectivity index (χ4n) is 3.49. The summed E-state index contributed by atoms with van der Waals surface area (Å²) in [6, 6.07) is 11.1. The number of carbonyl (C=O) groups is 1. The summed E-state index contributed by atoms with van der Waals surface area (Å²) in [5, 5.41) is 3.53. The van der Waals surface area contributed by atoms with Gasteiger partial charge in [0.1, 0.15) is 17.1 Å². The van der Waals surface area contributed by atoms with Gasteiger partial charge in [-0.3, -0.25) is 9.59 Å². The van der Waals surface area contributed by atoms with Gasteiger partial charge in [0.25, 0.3) is 11.5 Å². The lowest BCUT2D eigenvalue weighted by atomic mass is 10.1. The minimum Gasteiger partial charge on any atom is -0.492 e. The molecule has 0 aliphatic carbocycles. The van der Waals surface area contributed by atoms with Crippen LogP contribution in [0.3, 0.4) is 0 Å². The van der Waals surface area contributed by atoms with Crippen LogP contribution in [0.4, 0.5) is 5.82 Å². The zero-order valence-corrected chi connectivity index (χ0v) is 15.2. The van der Waals surface area contributed by atoms with Crippen LogP contribution in [0.2, 0.25) is 0 Å². The molecule has 6 heteroatoms. The second kappa shape index (κ2) is 7.23. The Morgan fingerprint density at radius 3 is 2.93 bits per heavy atom. The number of amides is 1. The van der Waals surface area contributed by atoms with E-state index >= 15 is 0 Å². The van der Waals surface area contributed by atoms with Crippen LogP contribution >= 0.6 is 0 Å². The number of carbonyl (C=O) groups excluding carboxylic acids is 1. The van der Waals surface area contributed by atoms with E-state index in [1.165, 1.54) is 0 Å². The maximum atomic E-state index is 13.1. The van der Waals surface area contributed by atoms with E-state index in [-0.39, 0.29) is 11.1 Å². The number of nitrogens with zero attached hydrogens (tertiary/aromatic N) is 2. The number of nitrogens with one attached hydrogen (secondary N) is 1. The number of benzene rings is 1. The molecule has 6 nitrogen and oxygen atoms in total. The molecular weight excluding hydrogens is 342 g/mol. The van der Waals surface area contributed by atoms with Crippen molar-refractivity contribution in [2.24, 2.45) is 0 Å². The summed E-state index contributed by atoms with van der Waals surface area (Å²) >= 11 is 0. The number of aryl methyl sites for hydroxylation is 2. The average molecular weight is 363 g/mol. The molecule has 3 heterocycles. The Kier molecular flexibility index (Phi) is 4.62. The second-order valence-corrected chi connectivity index (χ2v) is 6.60. The highest BCUT2D eigenvalue weighted by molar-refractivity contribution is 6.09. The number of unbranched alkanes of at least 4 members (excludes halogenated alkanes) is 1. The highest BCUT2D eigenvalue weighted by Gasteiger charge is 2.27. The van der Waals surface area contributed by atoms with Gasteiger partial charge in [-0.2, -0.15) is 0 Å². The molecule has 0 bridgehead atoms. The Hall–Kier alpha value is -3.15. The molecule has 27 heavy (non-hydrogen) atoms. The molecular formula is C21H21N3O3. The fraction of sp³-hybridized carbons (Fsp3) is 0.286. The second-order valence-electron chi connectivity index (χ2n) is 6.60. The molecule has 1 aromatic carbocycles. The summed E-state index contributed by atoms with van der Waals surface area (Å²) in [4.78, 5) is 30.2. The standard InChI is InChI=1S/C21H21N3O3/c1-2-3-13-27-19-15-8-6-7-14-10-12-24(18(14)15)21(26)17(19)20(25)23-16-9-4-5-11-22-16/h4-9,11H,2-3,10,12-13H2,1H3,(H,22,23,25). The third-order valence-corrected chi connectivity index (χ3v) is 4.80. The van der Waals surface area contributed by atoms with E-state index in [4.69, 9.17) is 4.74 Å². The SMILES string of the molecule is CCCCOc1c(C(=O)Nc2ccccn2)c(=O)n2c3c(cccc13)CC2. The van der Waals surface area contributed by atoms with Crippen LogP contribution in [0.1, 0.15) is 35.7 Å². The number of para-hydroxylation sites is 1. The van der Waals surface area contributed by atoms with Crippen LogP contribution in [0.25, 0.3) is 10.9 Å². The Morgan fingerprint density at radius 2 is 2.15 bits per heavy atom. The highest BCUT2D eigenvalue weighted by Crippen LogP contribution is 2.33. The summed E-state index contributed by atoms with van der Waals surface area (Å²) in [5.74, 6) is 0.279. The van der Waals surface area contributed by atoms with Crippen LogP contribution in [0.15, 0.2) is 47.4 Å². The molecule has 4 rings (SSSR count). The lowest BCUT2D eigenvalue weighted by molar-refractivity contribution is 0.102. The lowest BCUT2D eigenvalue weighted by Gasteiger charge is -2.16. The van der Waals surface area contributed by atoms with E-state index in [0.717, 1.165) is 35.7 Å². The van der Waals surface area contributed by atoms with Crippen molar-refractivity contribution in [3.8, 4) is 5.75 Å². The van der Waals surface area contributed by atoms with E-state index in [0.29, 0.717) is 24.7 Å². The van der Waals surface area contributed by atoms with Gasteiger partial charge < -0.3 is 14.6 Å². The van der Waals surface area contributed by atoms with E-state index in [2.05, 4.69) is 17.2 Å². The number of rotatable bonds is 6. The zero-order chi connectivity index (χ0) is 18.8. The smallest absolute Gasteiger partial charge is 0.267 e. The van der Waals surface area contributed by atoms with Gasteiger partial charge in [-0.25, -0.2) is 4.98 Å². The molecule has 0 fully saturated rings. The van der Waals surface area contributed by atoms with Crippen molar-refractivity contribution in [3.63, 3.8) is 0 Å². The van der Waals surface area contributed by atoms with Crippen LogP contribution in [0, 0.1) is 0 Å². The molecule has 1 aliphatic heterocycles. The van der Waals surface area contributed by atoms with Crippen LogP contribution < -0.4 is 15.6 Å². The van der Waals surface area contributed by atoms with Crippen molar-refractivity contribution < 1.29 is 9.53 Å². The van der Waals surface area contributed by atoms with Gasteiger partial charge >= 0.3 is 0 Å². The quantitative estimate of drug-likeness (QED) is 0.682. The topological polar surface area (TPSA) is 73.2 Å². The predicted molar refractivity (Wildman–Crippen MR) is 105 cm³/mol. The van der Waals surface area contributed by atoms with Crippen LogP contribution in [-0.2, 0) is 13.0 Å². The predicted octanol–water partition coefficient (Wildman–Crippen LogP) is 3.38. The summed E-state index contributed by atoms with van der Waals surface area (Å²) in [6.07, 6.45) is 4.20. The Balaban J connectivity index is 1.86. The van der Waals surface area contributed by atoms with Crippen LogP contribution in [0.5, 0.6) is 5.75 Å². The number of pyridine rings is 2. The minimum absolute atomic E-state index is 0.0447. The fourth-order valence-corrected chi connectivity index (χ4v) is 3.49.